The Morgan fingerprint density at radius 2 is 1.08 bits per heavy atom. The summed E-state index contributed by atoms with van der Waals surface area (Å²) in [5.41, 5.74) is 8.28. The van der Waals surface area contributed by atoms with Crippen LogP contribution in [0.3, 0.4) is 0 Å². The zero-order chi connectivity index (χ0) is 26.0. The van der Waals surface area contributed by atoms with Gasteiger partial charge in [0.25, 0.3) is 0 Å². The number of benzene rings is 4. The largest absolute Gasteiger partial charge is 0.496 e. The van der Waals surface area contributed by atoms with E-state index in [2.05, 4.69) is 6.07 Å². The van der Waals surface area contributed by atoms with Crippen LogP contribution in [0, 0.1) is 25.5 Å². The molecule has 0 fully saturated rings. The highest BCUT2D eigenvalue weighted by Gasteiger charge is 2.18. The fourth-order valence-electron chi connectivity index (χ4n) is 4.85. The molecule has 186 valence electrons. The van der Waals surface area contributed by atoms with Crippen LogP contribution in [0.1, 0.15) is 29.2 Å². The van der Waals surface area contributed by atoms with Gasteiger partial charge in [-0.3, -0.25) is 0 Å². The Morgan fingerprint density at radius 1 is 0.667 bits per heavy atom. The van der Waals surface area contributed by atoms with Gasteiger partial charge in [0, 0.05) is 11.1 Å². The lowest BCUT2D eigenvalue weighted by Gasteiger charge is -2.18. The molecule has 4 aromatic carbocycles. The average Bonchev–Trinajstić information content (AvgIpc) is 2.88. The Kier molecular flexibility index (Phi) is 7.65. The Bertz CT molecular complexity index is 1320. The first-order chi connectivity index (χ1) is 17.3. The molecular weight excluding hydrogens is 478 g/mol. The second-order valence-corrected chi connectivity index (χ2v) is 8.99. The molecule has 0 saturated heterocycles. The SMILES string of the molecule is CCc1c(F)cc(-c2cccc(-c3cccc(-c4cc(F)c(CCl)c(OC)c4)c3C)c2C)cc1OC. The molecule has 0 heterocycles. The Labute approximate surface area is 216 Å². The molecule has 0 aliphatic heterocycles. The fraction of sp³-hybridized carbons (Fsp3) is 0.226. The highest BCUT2D eigenvalue weighted by molar-refractivity contribution is 6.17. The number of rotatable bonds is 7. The average molecular weight is 507 g/mol. The maximum atomic E-state index is 14.9. The van der Waals surface area contributed by atoms with Crippen molar-refractivity contribution in [1.29, 1.82) is 0 Å². The van der Waals surface area contributed by atoms with E-state index in [0.717, 1.165) is 38.9 Å². The van der Waals surface area contributed by atoms with Crippen molar-refractivity contribution < 1.29 is 18.3 Å². The number of ether oxygens (including phenoxy) is 2. The summed E-state index contributed by atoms with van der Waals surface area (Å²) < 4.78 is 40.5. The first kappa shape index (κ1) is 25.7. The molecule has 0 spiro atoms. The van der Waals surface area contributed by atoms with Crippen LogP contribution in [0.4, 0.5) is 8.78 Å². The van der Waals surface area contributed by atoms with E-state index < -0.39 is 5.82 Å². The highest BCUT2D eigenvalue weighted by atomic mass is 35.5. The van der Waals surface area contributed by atoms with E-state index in [9.17, 15) is 8.78 Å². The van der Waals surface area contributed by atoms with Crippen molar-refractivity contribution in [1.82, 2.24) is 0 Å². The minimum atomic E-state index is -0.395. The van der Waals surface area contributed by atoms with Crippen molar-refractivity contribution in [2.24, 2.45) is 0 Å². The summed E-state index contributed by atoms with van der Waals surface area (Å²) >= 11 is 5.93. The molecule has 4 rings (SSSR count). The smallest absolute Gasteiger partial charge is 0.131 e. The third kappa shape index (κ3) is 4.58. The molecular formula is C31H29ClF2O2. The van der Waals surface area contributed by atoms with Crippen LogP contribution in [0.25, 0.3) is 33.4 Å². The van der Waals surface area contributed by atoms with Gasteiger partial charge >= 0.3 is 0 Å². The lowest BCUT2D eigenvalue weighted by Crippen LogP contribution is -1.98. The van der Waals surface area contributed by atoms with Gasteiger partial charge in [-0.25, -0.2) is 8.78 Å². The van der Waals surface area contributed by atoms with Gasteiger partial charge in [0.2, 0.25) is 0 Å². The minimum Gasteiger partial charge on any atom is -0.496 e. The third-order valence-electron chi connectivity index (χ3n) is 6.82. The zero-order valence-corrected chi connectivity index (χ0v) is 21.9. The predicted molar refractivity (Wildman–Crippen MR) is 144 cm³/mol. The van der Waals surface area contributed by atoms with Gasteiger partial charge < -0.3 is 9.47 Å². The number of hydrogen-bond donors (Lipinski definition) is 0. The molecule has 0 aromatic heterocycles. The van der Waals surface area contributed by atoms with Gasteiger partial charge in [-0.2, -0.15) is 0 Å². The lowest BCUT2D eigenvalue weighted by molar-refractivity contribution is 0.405. The maximum absolute atomic E-state index is 14.9. The molecule has 0 bridgehead atoms. The van der Waals surface area contributed by atoms with Crippen molar-refractivity contribution >= 4 is 11.6 Å². The topological polar surface area (TPSA) is 18.5 Å². The van der Waals surface area contributed by atoms with Crippen LogP contribution < -0.4 is 9.47 Å². The summed E-state index contributed by atoms with van der Waals surface area (Å²) in [6.07, 6.45) is 0.553. The molecule has 5 heteroatoms. The third-order valence-corrected chi connectivity index (χ3v) is 7.08. The summed E-state index contributed by atoms with van der Waals surface area (Å²) in [6, 6.07) is 18.8. The van der Waals surface area contributed by atoms with Gasteiger partial charge in [-0.15, -0.1) is 11.6 Å². The van der Waals surface area contributed by atoms with Crippen molar-refractivity contribution in [2.75, 3.05) is 14.2 Å². The van der Waals surface area contributed by atoms with Gasteiger partial charge in [0.05, 0.1) is 20.1 Å². The summed E-state index contributed by atoms with van der Waals surface area (Å²) in [5.74, 6) is 0.339. The summed E-state index contributed by atoms with van der Waals surface area (Å²) in [6.45, 7) is 5.97. The van der Waals surface area contributed by atoms with Gasteiger partial charge in [0.1, 0.15) is 23.1 Å². The van der Waals surface area contributed by atoms with E-state index in [1.54, 1.807) is 13.2 Å². The maximum Gasteiger partial charge on any atom is 0.131 e. The molecule has 2 nitrogen and oxygen atoms in total. The Morgan fingerprint density at radius 3 is 1.50 bits per heavy atom. The Hall–Kier alpha value is -3.37. The van der Waals surface area contributed by atoms with E-state index in [-0.39, 0.29) is 11.7 Å². The monoisotopic (exact) mass is 506 g/mol. The summed E-state index contributed by atoms with van der Waals surface area (Å²) in [7, 11) is 3.07. The van der Waals surface area contributed by atoms with E-state index in [0.29, 0.717) is 34.6 Å². The first-order valence-electron chi connectivity index (χ1n) is 11.8. The lowest BCUT2D eigenvalue weighted by atomic mass is 9.87. The van der Waals surface area contributed by atoms with E-state index in [1.807, 2.05) is 63.2 Å². The van der Waals surface area contributed by atoms with Crippen LogP contribution in [0.15, 0.2) is 60.7 Å². The molecule has 0 unspecified atom stereocenters. The van der Waals surface area contributed by atoms with Crippen molar-refractivity contribution in [3.63, 3.8) is 0 Å². The number of alkyl halides is 1. The second-order valence-electron chi connectivity index (χ2n) is 8.72. The van der Waals surface area contributed by atoms with Gasteiger partial charge in [-0.1, -0.05) is 43.3 Å². The van der Waals surface area contributed by atoms with Crippen LogP contribution >= 0.6 is 11.6 Å². The van der Waals surface area contributed by atoms with Gasteiger partial charge in [-0.05, 0) is 89.0 Å². The van der Waals surface area contributed by atoms with Crippen molar-refractivity contribution in [3.05, 3.63) is 94.6 Å². The van der Waals surface area contributed by atoms with Crippen molar-refractivity contribution in [3.8, 4) is 44.9 Å². The highest BCUT2D eigenvalue weighted by Crippen LogP contribution is 2.39. The zero-order valence-electron chi connectivity index (χ0n) is 21.1. The summed E-state index contributed by atoms with van der Waals surface area (Å²) in [4.78, 5) is 0. The molecule has 0 radical (unpaired) electrons. The molecule has 4 aromatic rings. The quantitative estimate of drug-likeness (QED) is 0.233. The molecule has 0 aliphatic rings. The van der Waals surface area contributed by atoms with Gasteiger partial charge in [0.15, 0.2) is 0 Å². The number of halogens is 3. The van der Waals surface area contributed by atoms with Crippen LogP contribution in [0.2, 0.25) is 0 Å². The van der Waals surface area contributed by atoms with E-state index in [1.165, 1.54) is 13.2 Å². The number of methoxy groups -OCH3 is 2. The molecule has 0 aliphatic carbocycles. The van der Waals surface area contributed by atoms with Crippen LogP contribution in [-0.2, 0) is 12.3 Å². The van der Waals surface area contributed by atoms with E-state index in [4.69, 9.17) is 21.1 Å². The summed E-state index contributed by atoms with van der Waals surface area (Å²) in [5, 5.41) is 0. The minimum absolute atomic E-state index is 0.0326. The molecule has 0 atom stereocenters. The molecule has 0 saturated carbocycles. The van der Waals surface area contributed by atoms with Crippen LogP contribution in [-0.4, -0.2) is 14.2 Å². The predicted octanol–water partition coefficient (Wildman–Crippen LogP) is 8.90. The second kappa shape index (κ2) is 10.7. The van der Waals surface area contributed by atoms with Crippen LogP contribution in [0.5, 0.6) is 11.5 Å². The number of hydrogen-bond acceptors (Lipinski definition) is 2. The standard InChI is InChI=1S/C31H29ClF2O2/c1-6-22-28(33)13-20(15-30(22)35-4)23-9-7-11-25(18(23)2)26-12-8-10-24(19(26)3)21-14-29(34)27(17-32)31(16-21)36-5/h7-16H,6,17H2,1-5H3. The molecule has 0 amide bonds. The molecule has 0 N–H and O–H groups in total. The van der Waals surface area contributed by atoms with E-state index >= 15 is 0 Å². The van der Waals surface area contributed by atoms with Crippen molar-refractivity contribution in [2.45, 2.75) is 33.1 Å². The fourth-order valence-corrected chi connectivity index (χ4v) is 5.11. The molecule has 36 heavy (non-hydrogen) atoms. The Balaban J connectivity index is 1.86. The first-order valence-corrected chi connectivity index (χ1v) is 12.4. The normalized spacial score (nSPS) is 11.0.